The minimum absolute atomic E-state index is 0. The van der Waals surface area contributed by atoms with Crippen molar-refractivity contribution in [2.75, 3.05) is 13.3 Å². The van der Waals surface area contributed by atoms with Crippen molar-refractivity contribution in [2.24, 2.45) is 5.92 Å². The van der Waals surface area contributed by atoms with Gasteiger partial charge in [-0.15, -0.1) is 0 Å². The van der Waals surface area contributed by atoms with Gasteiger partial charge >= 0.3 is 0 Å². The fraction of sp³-hybridized carbons (Fsp3) is 0.406. The number of benzene rings is 3. The number of aryl methyl sites for hydroxylation is 1. The van der Waals surface area contributed by atoms with Crippen LogP contribution in [0.5, 0.6) is 11.5 Å². The summed E-state index contributed by atoms with van der Waals surface area (Å²) < 4.78 is 11.0. The van der Waals surface area contributed by atoms with Crippen LogP contribution < -0.4 is 14.8 Å². The summed E-state index contributed by atoms with van der Waals surface area (Å²) in [7, 11) is 0. The molecule has 0 bridgehead atoms. The number of nitrogens with one attached hydrogen (secondary N) is 1. The number of Topliss-reactive ketones (excluding diaryl/α,β-unsaturated/α-hetero) is 1. The molecular formula is C32H39NO3. The first kappa shape index (κ1) is 24.6. The Hall–Kier alpha value is -3.11. The van der Waals surface area contributed by atoms with Gasteiger partial charge < -0.3 is 14.8 Å². The minimum Gasteiger partial charge on any atom is -0.454 e. The summed E-state index contributed by atoms with van der Waals surface area (Å²) in [5, 5.41) is 3.60. The second-order valence-corrected chi connectivity index (χ2v) is 10.4. The lowest BCUT2D eigenvalue weighted by Crippen LogP contribution is -2.22. The van der Waals surface area contributed by atoms with Crippen LogP contribution in [-0.2, 0) is 23.2 Å². The van der Waals surface area contributed by atoms with E-state index in [1.54, 1.807) is 0 Å². The minimum atomic E-state index is -0.380. The number of ketones is 1. The van der Waals surface area contributed by atoms with Crippen LogP contribution in [0.4, 0.5) is 0 Å². The first-order valence-electron chi connectivity index (χ1n) is 13.4. The number of fused-ring (bicyclic) bond motifs is 1. The molecule has 0 atom stereocenters. The molecule has 1 fully saturated rings. The van der Waals surface area contributed by atoms with Gasteiger partial charge in [-0.3, -0.25) is 4.79 Å². The van der Waals surface area contributed by atoms with Gasteiger partial charge in [0.25, 0.3) is 0 Å². The molecule has 4 heteroatoms. The molecule has 3 aromatic carbocycles. The zero-order valence-electron chi connectivity index (χ0n) is 21.7. The molecule has 0 spiro atoms. The molecule has 3 aromatic rings. The van der Waals surface area contributed by atoms with E-state index < -0.39 is 0 Å². The van der Waals surface area contributed by atoms with Gasteiger partial charge in [-0.05, 0) is 77.7 Å². The van der Waals surface area contributed by atoms with E-state index in [1.807, 2.05) is 18.2 Å². The topological polar surface area (TPSA) is 47.6 Å². The van der Waals surface area contributed by atoms with Gasteiger partial charge in [0.2, 0.25) is 6.79 Å². The summed E-state index contributed by atoms with van der Waals surface area (Å²) in [6.45, 7) is 8.87. The van der Waals surface area contributed by atoms with Crippen LogP contribution >= 0.6 is 0 Å². The van der Waals surface area contributed by atoms with Gasteiger partial charge in [-0.1, -0.05) is 75.2 Å². The molecular weight excluding hydrogens is 446 g/mol. The number of hydrogen-bond acceptors (Lipinski definition) is 4. The first-order chi connectivity index (χ1) is 17.5. The molecule has 0 radical (unpaired) electrons. The highest BCUT2D eigenvalue weighted by Gasteiger charge is 2.50. The third kappa shape index (κ3) is 5.05. The zero-order chi connectivity index (χ0) is 25.1. The van der Waals surface area contributed by atoms with Crippen LogP contribution in [0.15, 0.2) is 60.7 Å². The standard InChI is InChI=1S/C32H37NO3.H2/c1-4-23(5-2)19-33-20-24-8-10-26(11-9-24)28-16-25(7-6-22(28)3)17-31(34)32(14-15-32)27-12-13-29-30(18-27)36-21-35-29;/h6-13,16,18,23,33H,4-5,14-15,17,19-21H2,1-3H3;1H. The van der Waals surface area contributed by atoms with E-state index >= 15 is 0 Å². The van der Waals surface area contributed by atoms with Crippen molar-refractivity contribution in [3.05, 3.63) is 82.9 Å². The van der Waals surface area contributed by atoms with Crippen molar-refractivity contribution in [1.29, 1.82) is 0 Å². The summed E-state index contributed by atoms with van der Waals surface area (Å²) in [6, 6.07) is 21.2. The van der Waals surface area contributed by atoms with Gasteiger partial charge in [0.1, 0.15) is 5.78 Å². The highest BCUT2D eigenvalue weighted by Crippen LogP contribution is 2.51. The average Bonchev–Trinajstić information content (AvgIpc) is 3.59. The van der Waals surface area contributed by atoms with Crippen LogP contribution in [0.1, 0.15) is 63.2 Å². The van der Waals surface area contributed by atoms with E-state index in [-0.39, 0.29) is 19.4 Å². The summed E-state index contributed by atoms with van der Waals surface area (Å²) in [5.41, 5.74) is 6.67. The smallest absolute Gasteiger partial charge is 0.231 e. The van der Waals surface area contributed by atoms with Crippen molar-refractivity contribution in [1.82, 2.24) is 5.32 Å². The maximum Gasteiger partial charge on any atom is 0.231 e. The number of rotatable bonds is 11. The Bertz CT molecular complexity index is 1230. The van der Waals surface area contributed by atoms with Gasteiger partial charge in [-0.2, -0.15) is 0 Å². The maximum absolute atomic E-state index is 13.5. The Balaban J connectivity index is 0.00000320. The molecule has 5 rings (SSSR count). The van der Waals surface area contributed by atoms with Crippen LogP contribution in [0.2, 0.25) is 0 Å². The molecule has 1 saturated carbocycles. The summed E-state index contributed by atoms with van der Waals surface area (Å²) in [4.78, 5) is 13.5. The van der Waals surface area contributed by atoms with Crippen LogP contribution in [0, 0.1) is 12.8 Å². The van der Waals surface area contributed by atoms with Crippen molar-refractivity contribution in [3.63, 3.8) is 0 Å². The number of carbonyl (C=O) groups excluding carboxylic acids is 1. The lowest BCUT2D eigenvalue weighted by molar-refractivity contribution is -0.120. The lowest BCUT2D eigenvalue weighted by atomic mass is 9.87. The van der Waals surface area contributed by atoms with E-state index in [2.05, 4.69) is 68.6 Å². The second-order valence-electron chi connectivity index (χ2n) is 10.4. The summed E-state index contributed by atoms with van der Waals surface area (Å²) in [5.74, 6) is 2.55. The van der Waals surface area contributed by atoms with Crippen LogP contribution in [0.25, 0.3) is 11.1 Å². The van der Waals surface area contributed by atoms with E-state index in [0.717, 1.165) is 54.5 Å². The molecule has 1 heterocycles. The fourth-order valence-electron chi connectivity index (χ4n) is 5.29. The first-order valence-corrected chi connectivity index (χ1v) is 13.4. The Morgan fingerprint density at radius 2 is 1.67 bits per heavy atom. The van der Waals surface area contributed by atoms with E-state index in [9.17, 15) is 4.79 Å². The van der Waals surface area contributed by atoms with Crippen molar-refractivity contribution in [3.8, 4) is 22.6 Å². The van der Waals surface area contributed by atoms with E-state index in [1.165, 1.54) is 35.1 Å². The van der Waals surface area contributed by atoms with Gasteiger partial charge in [-0.25, -0.2) is 0 Å². The van der Waals surface area contributed by atoms with E-state index in [0.29, 0.717) is 6.42 Å². The second kappa shape index (κ2) is 10.5. The van der Waals surface area contributed by atoms with Crippen LogP contribution in [0.3, 0.4) is 0 Å². The Morgan fingerprint density at radius 1 is 0.944 bits per heavy atom. The maximum atomic E-state index is 13.5. The Morgan fingerprint density at radius 3 is 2.39 bits per heavy atom. The average molecular weight is 486 g/mol. The SMILES string of the molecule is CCC(CC)CNCc1ccc(-c2cc(CC(=O)C3(c4ccc5c(c4)OCO5)CC3)ccc2C)cc1.[HH]. The number of ether oxygens (including phenoxy) is 2. The summed E-state index contributed by atoms with van der Waals surface area (Å²) in [6.07, 6.45) is 4.68. The third-order valence-electron chi connectivity index (χ3n) is 8.06. The lowest BCUT2D eigenvalue weighted by Gasteiger charge is -2.16. The van der Waals surface area contributed by atoms with Gasteiger partial charge in [0.15, 0.2) is 11.5 Å². The molecule has 4 nitrogen and oxygen atoms in total. The molecule has 0 unspecified atom stereocenters. The van der Waals surface area contributed by atoms with Crippen molar-refractivity contribution >= 4 is 5.78 Å². The predicted molar refractivity (Wildman–Crippen MR) is 147 cm³/mol. The van der Waals surface area contributed by atoms with Gasteiger partial charge in [0, 0.05) is 14.4 Å². The fourth-order valence-corrected chi connectivity index (χ4v) is 5.29. The van der Waals surface area contributed by atoms with Gasteiger partial charge in [0.05, 0.1) is 5.41 Å². The molecule has 1 N–H and O–H groups in total. The quantitative estimate of drug-likeness (QED) is 0.317. The third-order valence-corrected chi connectivity index (χ3v) is 8.06. The Kier molecular flexibility index (Phi) is 7.15. The van der Waals surface area contributed by atoms with Crippen molar-refractivity contribution in [2.45, 2.75) is 64.8 Å². The predicted octanol–water partition coefficient (Wildman–Crippen LogP) is 7.01. The highest BCUT2D eigenvalue weighted by atomic mass is 16.7. The normalized spacial score (nSPS) is 15.3. The number of carbonyl (C=O) groups is 1. The van der Waals surface area contributed by atoms with Crippen molar-refractivity contribution < 1.29 is 15.7 Å². The molecule has 1 aliphatic heterocycles. The molecule has 36 heavy (non-hydrogen) atoms. The molecule has 2 aliphatic rings. The monoisotopic (exact) mass is 485 g/mol. The molecule has 0 aromatic heterocycles. The zero-order valence-corrected chi connectivity index (χ0v) is 21.7. The highest BCUT2D eigenvalue weighted by molar-refractivity contribution is 5.95. The molecule has 0 amide bonds. The molecule has 1 aliphatic carbocycles. The Labute approximate surface area is 216 Å². The summed E-state index contributed by atoms with van der Waals surface area (Å²) >= 11 is 0. The number of hydrogen-bond donors (Lipinski definition) is 1. The largest absolute Gasteiger partial charge is 0.454 e. The van der Waals surface area contributed by atoms with Crippen LogP contribution in [-0.4, -0.2) is 19.1 Å². The molecule has 0 saturated heterocycles. The molecule has 190 valence electrons. The van der Waals surface area contributed by atoms with E-state index in [4.69, 9.17) is 9.47 Å².